The van der Waals surface area contributed by atoms with Crippen molar-refractivity contribution in [2.45, 2.75) is 0 Å². The number of rotatable bonds is 4. The summed E-state index contributed by atoms with van der Waals surface area (Å²) in [6.45, 7) is 0. The number of hydrogen-bond donors (Lipinski definition) is 2. The zero-order valence-corrected chi connectivity index (χ0v) is 10.4. The maximum Gasteiger partial charge on any atom is 0.337 e. The molecule has 1 aromatic carbocycles. The lowest BCUT2D eigenvalue weighted by Gasteiger charge is -2.11. The number of aromatic carboxylic acids is 1. The van der Waals surface area contributed by atoms with Gasteiger partial charge in [0.2, 0.25) is 5.88 Å². The molecule has 0 saturated heterocycles. The van der Waals surface area contributed by atoms with Gasteiger partial charge in [0.05, 0.1) is 30.2 Å². The minimum atomic E-state index is -1.37. The molecule has 0 bridgehead atoms. The van der Waals surface area contributed by atoms with Gasteiger partial charge in [0.25, 0.3) is 0 Å². The maximum atomic E-state index is 13.7. The molecule has 5 nitrogen and oxygen atoms in total. The zero-order chi connectivity index (χ0) is 14.7. The first-order valence-corrected chi connectivity index (χ1v) is 5.51. The zero-order valence-electron chi connectivity index (χ0n) is 10.4. The highest BCUT2D eigenvalue weighted by Crippen LogP contribution is 2.26. The predicted molar refractivity (Wildman–Crippen MR) is 67.4 cm³/mol. The molecule has 7 heteroatoms. The van der Waals surface area contributed by atoms with Gasteiger partial charge >= 0.3 is 5.97 Å². The van der Waals surface area contributed by atoms with Gasteiger partial charge in [0, 0.05) is 6.07 Å². The molecule has 0 aliphatic rings. The van der Waals surface area contributed by atoms with Crippen LogP contribution in [0.2, 0.25) is 0 Å². The number of hydrogen-bond acceptors (Lipinski definition) is 4. The predicted octanol–water partition coefficient (Wildman–Crippen LogP) is 2.81. The van der Waals surface area contributed by atoms with Crippen LogP contribution in [0, 0.1) is 11.6 Å². The van der Waals surface area contributed by atoms with Crippen LogP contribution in [0.3, 0.4) is 0 Å². The summed E-state index contributed by atoms with van der Waals surface area (Å²) >= 11 is 0. The van der Waals surface area contributed by atoms with Gasteiger partial charge in [0.1, 0.15) is 0 Å². The van der Waals surface area contributed by atoms with Gasteiger partial charge in [-0.15, -0.1) is 0 Å². The number of carboxylic acid groups (broad SMARTS) is 1. The third-order valence-corrected chi connectivity index (χ3v) is 2.54. The molecule has 1 aromatic heterocycles. The van der Waals surface area contributed by atoms with Gasteiger partial charge in [0.15, 0.2) is 11.6 Å². The topological polar surface area (TPSA) is 71.5 Å². The van der Waals surface area contributed by atoms with Crippen molar-refractivity contribution in [2.75, 3.05) is 12.4 Å². The van der Waals surface area contributed by atoms with Gasteiger partial charge < -0.3 is 15.2 Å². The van der Waals surface area contributed by atoms with Crippen molar-refractivity contribution >= 4 is 17.3 Å². The number of benzene rings is 1. The number of aromatic nitrogens is 1. The number of halogens is 2. The van der Waals surface area contributed by atoms with Crippen LogP contribution in [0.15, 0.2) is 30.5 Å². The third-order valence-electron chi connectivity index (χ3n) is 2.54. The second kappa shape index (κ2) is 5.52. The van der Waals surface area contributed by atoms with Crippen LogP contribution in [0.5, 0.6) is 5.88 Å². The summed E-state index contributed by atoms with van der Waals surface area (Å²) in [5.41, 5.74) is -0.526. The van der Waals surface area contributed by atoms with Gasteiger partial charge in [-0.2, -0.15) is 0 Å². The van der Waals surface area contributed by atoms with E-state index in [4.69, 9.17) is 9.84 Å². The fourth-order valence-electron chi connectivity index (χ4n) is 1.57. The van der Waals surface area contributed by atoms with Crippen LogP contribution >= 0.6 is 0 Å². The number of nitrogens with zero attached hydrogens (tertiary/aromatic N) is 1. The van der Waals surface area contributed by atoms with E-state index < -0.39 is 23.3 Å². The highest BCUT2D eigenvalue weighted by molar-refractivity contribution is 5.95. The Hall–Kier alpha value is -2.70. The van der Waals surface area contributed by atoms with Crippen LogP contribution in [0.25, 0.3) is 0 Å². The van der Waals surface area contributed by atoms with Crippen molar-refractivity contribution in [3.63, 3.8) is 0 Å². The highest BCUT2D eigenvalue weighted by atomic mass is 19.2. The molecule has 0 aliphatic carbocycles. The molecule has 0 spiro atoms. The summed E-state index contributed by atoms with van der Waals surface area (Å²) < 4.78 is 31.8. The standard InChI is InChI=1S/C13H10F2N2O3/c1-20-10-5-2-7(6-16-10)17-12-8(13(18)19)3-4-9(14)11(12)15/h2-6,17H,1H3,(H,18,19). The normalized spacial score (nSPS) is 10.2. The van der Waals surface area contributed by atoms with Crippen LogP contribution in [0.1, 0.15) is 10.4 Å². The Bertz CT molecular complexity index is 645. The number of methoxy groups -OCH3 is 1. The minimum absolute atomic E-state index is 0.304. The molecule has 20 heavy (non-hydrogen) atoms. The summed E-state index contributed by atoms with van der Waals surface area (Å²) in [7, 11) is 1.43. The Morgan fingerprint density at radius 1 is 1.30 bits per heavy atom. The molecule has 0 radical (unpaired) electrons. The van der Waals surface area contributed by atoms with Crippen molar-refractivity contribution in [3.8, 4) is 5.88 Å². The minimum Gasteiger partial charge on any atom is -0.481 e. The van der Waals surface area contributed by atoms with E-state index >= 15 is 0 Å². The smallest absolute Gasteiger partial charge is 0.337 e. The van der Waals surface area contributed by atoms with Crippen molar-refractivity contribution in [1.82, 2.24) is 4.98 Å². The van der Waals surface area contributed by atoms with Crippen LogP contribution in [0.4, 0.5) is 20.2 Å². The first-order chi connectivity index (χ1) is 9.52. The Morgan fingerprint density at radius 2 is 2.05 bits per heavy atom. The molecule has 2 rings (SSSR count). The summed E-state index contributed by atoms with van der Waals surface area (Å²) in [6, 6.07) is 4.75. The molecule has 104 valence electrons. The second-order valence-electron chi connectivity index (χ2n) is 3.80. The van der Waals surface area contributed by atoms with Crippen molar-refractivity contribution in [1.29, 1.82) is 0 Å². The molecule has 0 amide bonds. The first-order valence-electron chi connectivity index (χ1n) is 5.51. The van der Waals surface area contributed by atoms with Gasteiger partial charge in [-0.1, -0.05) is 0 Å². The second-order valence-corrected chi connectivity index (χ2v) is 3.80. The number of pyridine rings is 1. The maximum absolute atomic E-state index is 13.7. The van der Waals surface area contributed by atoms with Gasteiger partial charge in [-0.25, -0.2) is 18.6 Å². The van der Waals surface area contributed by atoms with E-state index in [0.717, 1.165) is 12.1 Å². The molecule has 1 heterocycles. The average Bonchev–Trinajstić information content (AvgIpc) is 2.44. The van der Waals surface area contributed by atoms with Crippen LogP contribution in [-0.4, -0.2) is 23.2 Å². The third kappa shape index (κ3) is 2.66. The van der Waals surface area contributed by atoms with E-state index in [1.807, 2.05) is 0 Å². The van der Waals surface area contributed by atoms with Crippen molar-refractivity contribution < 1.29 is 23.4 Å². The molecule has 2 aromatic rings. The van der Waals surface area contributed by atoms with E-state index in [2.05, 4.69) is 10.3 Å². The molecule has 0 saturated carbocycles. The van der Waals surface area contributed by atoms with E-state index in [-0.39, 0.29) is 5.56 Å². The molecular weight excluding hydrogens is 270 g/mol. The fourth-order valence-corrected chi connectivity index (χ4v) is 1.57. The lowest BCUT2D eigenvalue weighted by Crippen LogP contribution is -2.06. The van der Waals surface area contributed by atoms with Crippen molar-refractivity contribution in [2.24, 2.45) is 0 Å². The van der Waals surface area contributed by atoms with Crippen molar-refractivity contribution in [3.05, 3.63) is 47.7 Å². The number of anilines is 2. The largest absolute Gasteiger partial charge is 0.481 e. The lowest BCUT2D eigenvalue weighted by molar-refractivity contribution is 0.0697. The lowest BCUT2D eigenvalue weighted by atomic mass is 10.1. The molecule has 0 aliphatic heterocycles. The number of ether oxygens (including phenoxy) is 1. The Kier molecular flexibility index (Phi) is 3.79. The van der Waals surface area contributed by atoms with E-state index in [0.29, 0.717) is 11.6 Å². The molecule has 0 unspecified atom stereocenters. The Balaban J connectivity index is 2.40. The first kappa shape index (κ1) is 13.7. The van der Waals surface area contributed by atoms with Crippen LogP contribution < -0.4 is 10.1 Å². The molecule has 0 atom stereocenters. The average molecular weight is 280 g/mol. The quantitative estimate of drug-likeness (QED) is 0.901. The SMILES string of the molecule is COc1ccc(Nc2c(C(=O)O)ccc(F)c2F)cn1. The fraction of sp³-hybridized carbons (Fsp3) is 0.0769. The summed E-state index contributed by atoms with van der Waals surface area (Å²) in [6.07, 6.45) is 1.31. The Labute approximate surface area is 112 Å². The molecule has 2 N–H and O–H groups in total. The monoisotopic (exact) mass is 280 g/mol. The van der Waals surface area contributed by atoms with Gasteiger partial charge in [-0.3, -0.25) is 0 Å². The number of carboxylic acids is 1. The summed E-state index contributed by atoms with van der Waals surface area (Å²) in [4.78, 5) is 14.9. The van der Waals surface area contributed by atoms with E-state index in [1.54, 1.807) is 0 Å². The van der Waals surface area contributed by atoms with Crippen LogP contribution in [-0.2, 0) is 0 Å². The van der Waals surface area contributed by atoms with E-state index in [9.17, 15) is 13.6 Å². The summed E-state index contributed by atoms with van der Waals surface area (Å²) in [5.74, 6) is -3.43. The number of nitrogens with one attached hydrogen (secondary N) is 1. The van der Waals surface area contributed by atoms with Gasteiger partial charge in [-0.05, 0) is 18.2 Å². The highest BCUT2D eigenvalue weighted by Gasteiger charge is 2.18. The van der Waals surface area contributed by atoms with E-state index in [1.165, 1.54) is 25.4 Å². The molecular formula is C13H10F2N2O3. The molecule has 0 fully saturated rings. The number of carbonyl (C=O) groups is 1. The summed E-state index contributed by atoms with van der Waals surface area (Å²) in [5, 5.41) is 11.5. The Morgan fingerprint density at radius 3 is 2.60 bits per heavy atom.